The van der Waals surface area contributed by atoms with Crippen LogP contribution in [0.2, 0.25) is 0 Å². The fourth-order valence-corrected chi connectivity index (χ4v) is 3.01. The summed E-state index contributed by atoms with van der Waals surface area (Å²) < 4.78 is 13.0. The number of hydrogen-bond acceptors (Lipinski definition) is 2. The van der Waals surface area contributed by atoms with E-state index in [1.165, 1.54) is 37.9 Å². The minimum absolute atomic E-state index is 0.0904. The Bertz CT molecular complexity index is 513. The second-order valence-corrected chi connectivity index (χ2v) is 6.05. The van der Waals surface area contributed by atoms with E-state index in [0.717, 1.165) is 19.1 Å². The molecule has 1 atom stereocenters. The Hall–Kier alpha value is -1.42. The minimum atomic E-state index is -0.296. The van der Waals surface area contributed by atoms with E-state index >= 15 is 0 Å². The molecule has 1 aliphatic heterocycles. The van der Waals surface area contributed by atoms with Crippen molar-refractivity contribution >= 4 is 5.91 Å². The van der Waals surface area contributed by atoms with E-state index in [2.05, 4.69) is 10.2 Å². The van der Waals surface area contributed by atoms with Crippen molar-refractivity contribution in [3.8, 4) is 0 Å². The van der Waals surface area contributed by atoms with Gasteiger partial charge in [-0.1, -0.05) is 0 Å². The molecule has 1 unspecified atom stereocenters. The largest absolute Gasteiger partial charge is 0.352 e. The summed E-state index contributed by atoms with van der Waals surface area (Å²) >= 11 is 0. The summed E-state index contributed by atoms with van der Waals surface area (Å²) in [5.74, 6) is 0.169. The quantitative estimate of drug-likeness (QED) is 0.915. The van der Waals surface area contributed by atoms with Crippen LogP contribution in [0.4, 0.5) is 4.39 Å². The molecule has 0 aromatic heterocycles. The predicted octanol–water partition coefficient (Wildman–Crippen LogP) is 2.35. The lowest BCUT2D eigenvalue weighted by Crippen LogP contribution is -2.31. The zero-order valence-corrected chi connectivity index (χ0v) is 11.9. The first-order chi connectivity index (χ1) is 9.63. The number of nitrogens with zero attached hydrogens (tertiary/aromatic N) is 1. The van der Waals surface area contributed by atoms with Gasteiger partial charge in [0.15, 0.2) is 0 Å². The molecule has 0 radical (unpaired) electrons. The van der Waals surface area contributed by atoms with Crippen LogP contribution in [0, 0.1) is 18.7 Å². The lowest BCUT2D eigenvalue weighted by atomic mass is 10.1. The molecule has 1 saturated heterocycles. The molecule has 1 N–H and O–H groups in total. The molecule has 4 heteroatoms. The highest BCUT2D eigenvalue weighted by Gasteiger charge is 2.34. The van der Waals surface area contributed by atoms with Crippen LogP contribution in [-0.2, 0) is 0 Å². The minimum Gasteiger partial charge on any atom is -0.352 e. The highest BCUT2D eigenvalue weighted by Crippen LogP contribution is 2.31. The Labute approximate surface area is 119 Å². The van der Waals surface area contributed by atoms with Gasteiger partial charge in [0, 0.05) is 24.7 Å². The van der Waals surface area contributed by atoms with Crippen LogP contribution < -0.4 is 5.32 Å². The fraction of sp³-hybridized carbons (Fsp3) is 0.562. The molecule has 20 heavy (non-hydrogen) atoms. The zero-order valence-electron chi connectivity index (χ0n) is 11.9. The summed E-state index contributed by atoms with van der Waals surface area (Å²) in [5, 5.41) is 2.99. The summed E-state index contributed by atoms with van der Waals surface area (Å²) in [6.45, 7) is 4.76. The maximum Gasteiger partial charge on any atom is 0.251 e. The lowest BCUT2D eigenvalue weighted by molar-refractivity contribution is 0.0946. The van der Waals surface area contributed by atoms with E-state index in [1.807, 2.05) is 0 Å². The van der Waals surface area contributed by atoms with Crippen molar-refractivity contribution in [2.45, 2.75) is 32.2 Å². The molecule has 1 saturated carbocycles. The summed E-state index contributed by atoms with van der Waals surface area (Å²) in [4.78, 5) is 14.7. The van der Waals surface area contributed by atoms with Gasteiger partial charge in [-0.15, -0.1) is 0 Å². The molecule has 2 aliphatic rings. The molecular formula is C16H21FN2O. The highest BCUT2D eigenvalue weighted by atomic mass is 19.1. The van der Waals surface area contributed by atoms with Gasteiger partial charge in [0.1, 0.15) is 5.82 Å². The first-order valence-corrected chi connectivity index (χ1v) is 7.42. The third-order valence-corrected chi connectivity index (χ3v) is 4.36. The lowest BCUT2D eigenvalue weighted by Gasteiger charge is -2.15. The van der Waals surface area contributed by atoms with Crippen LogP contribution >= 0.6 is 0 Å². The zero-order chi connectivity index (χ0) is 14.1. The summed E-state index contributed by atoms with van der Waals surface area (Å²) in [6.07, 6.45) is 3.85. The second-order valence-electron chi connectivity index (χ2n) is 6.05. The van der Waals surface area contributed by atoms with E-state index in [4.69, 9.17) is 0 Å². The molecule has 1 aliphatic carbocycles. The molecule has 0 bridgehead atoms. The van der Waals surface area contributed by atoms with Gasteiger partial charge in [-0.3, -0.25) is 4.79 Å². The monoisotopic (exact) mass is 276 g/mol. The van der Waals surface area contributed by atoms with Gasteiger partial charge >= 0.3 is 0 Å². The number of nitrogens with one attached hydrogen (secondary N) is 1. The molecule has 108 valence electrons. The van der Waals surface area contributed by atoms with Gasteiger partial charge in [-0.2, -0.15) is 0 Å². The Kier molecular flexibility index (Phi) is 3.74. The third kappa shape index (κ3) is 3.01. The first kappa shape index (κ1) is 13.6. The molecule has 1 heterocycles. The van der Waals surface area contributed by atoms with Crippen LogP contribution in [0.5, 0.6) is 0 Å². The van der Waals surface area contributed by atoms with Crippen molar-refractivity contribution in [3.05, 3.63) is 35.1 Å². The van der Waals surface area contributed by atoms with Gasteiger partial charge in [-0.25, -0.2) is 4.39 Å². The Morgan fingerprint density at radius 2 is 2.20 bits per heavy atom. The molecule has 3 nitrogen and oxygen atoms in total. The van der Waals surface area contributed by atoms with E-state index in [-0.39, 0.29) is 11.7 Å². The van der Waals surface area contributed by atoms with Crippen molar-refractivity contribution < 1.29 is 9.18 Å². The van der Waals surface area contributed by atoms with E-state index in [0.29, 0.717) is 17.0 Å². The molecule has 3 rings (SSSR count). The van der Waals surface area contributed by atoms with Crippen LogP contribution in [0.25, 0.3) is 0 Å². The molecule has 1 amide bonds. The number of amides is 1. The average Bonchev–Trinajstić information content (AvgIpc) is 3.15. The number of halogens is 1. The summed E-state index contributed by atoms with van der Waals surface area (Å²) in [5.41, 5.74) is 1.26. The van der Waals surface area contributed by atoms with E-state index < -0.39 is 0 Å². The second kappa shape index (κ2) is 5.52. The van der Waals surface area contributed by atoms with Crippen molar-refractivity contribution in [3.63, 3.8) is 0 Å². The Balaban J connectivity index is 1.51. The molecule has 0 spiro atoms. The topological polar surface area (TPSA) is 32.3 Å². The number of carbonyl (C=O) groups is 1. The Morgan fingerprint density at radius 3 is 2.90 bits per heavy atom. The van der Waals surface area contributed by atoms with Crippen molar-refractivity contribution in [1.82, 2.24) is 10.2 Å². The molecule has 2 fully saturated rings. The van der Waals surface area contributed by atoms with Gasteiger partial charge in [0.25, 0.3) is 5.91 Å². The van der Waals surface area contributed by atoms with Crippen LogP contribution in [0.1, 0.15) is 35.2 Å². The van der Waals surface area contributed by atoms with Crippen molar-refractivity contribution in [1.29, 1.82) is 0 Å². The normalized spacial score (nSPS) is 23.0. The third-order valence-electron chi connectivity index (χ3n) is 4.36. The number of carbonyl (C=O) groups excluding carboxylic acids is 1. The van der Waals surface area contributed by atoms with Gasteiger partial charge in [0.2, 0.25) is 0 Å². The van der Waals surface area contributed by atoms with Crippen LogP contribution in [-0.4, -0.2) is 36.5 Å². The van der Waals surface area contributed by atoms with Gasteiger partial charge in [-0.05, 0) is 62.4 Å². The average molecular weight is 276 g/mol. The number of benzene rings is 1. The standard InChI is InChI=1S/C16H21FN2O/c1-11-8-13(17)2-5-15(11)16(20)18-9-12-6-7-19(10-12)14-3-4-14/h2,5,8,12,14H,3-4,6-7,9-10H2,1H3,(H,18,20). The van der Waals surface area contributed by atoms with Crippen molar-refractivity contribution in [2.24, 2.45) is 5.92 Å². The number of aryl methyl sites for hydroxylation is 1. The SMILES string of the molecule is Cc1cc(F)ccc1C(=O)NCC1CCN(C2CC2)C1. The maximum atomic E-state index is 13.0. The van der Waals surface area contributed by atoms with E-state index in [9.17, 15) is 9.18 Å². The van der Waals surface area contributed by atoms with Gasteiger partial charge in [0.05, 0.1) is 0 Å². The van der Waals surface area contributed by atoms with Crippen LogP contribution in [0.3, 0.4) is 0 Å². The number of hydrogen-bond donors (Lipinski definition) is 1. The smallest absolute Gasteiger partial charge is 0.251 e. The number of rotatable bonds is 4. The predicted molar refractivity (Wildman–Crippen MR) is 76.2 cm³/mol. The maximum absolute atomic E-state index is 13.0. The summed E-state index contributed by atoms with van der Waals surface area (Å²) in [7, 11) is 0. The fourth-order valence-electron chi connectivity index (χ4n) is 3.01. The molecule has 1 aromatic carbocycles. The van der Waals surface area contributed by atoms with Gasteiger partial charge < -0.3 is 10.2 Å². The van der Waals surface area contributed by atoms with E-state index in [1.54, 1.807) is 13.0 Å². The van der Waals surface area contributed by atoms with Crippen molar-refractivity contribution in [2.75, 3.05) is 19.6 Å². The first-order valence-electron chi connectivity index (χ1n) is 7.42. The Morgan fingerprint density at radius 1 is 1.40 bits per heavy atom. The van der Waals surface area contributed by atoms with Crippen LogP contribution in [0.15, 0.2) is 18.2 Å². The number of likely N-dealkylation sites (tertiary alicyclic amines) is 1. The highest BCUT2D eigenvalue weighted by molar-refractivity contribution is 5.95. The summed E-state index contributed by atoms with van der Waals surface area (Å²) in [6, 6.07) is 5.12. The molecule has 1 aromatic rings. The molecular weight excluding hydrogens is 255 g/mol.